The lowest BCUT2D eigenvalue weighted by molar-refractivity contribution is 0.0939. The quantitative estimate of drug-likeness (QED) is 0.908. The Bertz CT molecular complexity index is 718. The van der Waals surface area contributed by atoms with Crippen LogP contribution in [0.5, 0.6) is 0 Å². The molecule has 2 heterocycles. The first-order chi connectivity index (χ1) is 11.1. The van der Waals surface area contributed by atoms with Gasteiger partial charge in [0.05, 0.1) is 11.7 Å². The monoisotopic (exact) mass is 310 g/mol. The van der Waals surface area contributed by atoms with Crippen molar-refractivity contribution in [1.29, 1.82) is 0 Å². The average molecular weight is 310 g/mol. The Kier molecular flexibility index (Phi) is 4.23. The molecule has 0 unspecified atom stereocenters. The molecule has 1 saturated heterocycles. The molecule has 1 atom stereocenters. The second-order valence-corrected chi connectivity index (χ2v) is 5.38. The Balaban J connectivity index is 1.74. The summed E-state index contributed by atoms with van der Waals surface area (Å²) < 4.78 is 0. The number of nitrogens with one attached hydrogen (secondary N) is 2. The number of urea groups is 1. The molecule has 118 valence electrons. The number of rotatable bonds is 4. The highest BCUT2D eigenvalue weighted by atomic mass is 16.2. The van der Waals surface area contributed by atoms with Crippen LogP contribution < -0.4 is 15.5 Å². The first-order valence-corrected chi connectivity index (χ1v) is 7.52. The third-order valence-electron chi connectivity index (χ3n) is 3.76. The molecule has 23 heavy (non-hydrogen) atoms. The molecule has 3 amide bonds. The number of amides is 3. The Labute approximate surface area is 134 Å². The van der Waals surface area contributed by atoms with Gasteiger partial charge in [-0.1, -0.05) is 12.1 Å². The van der Waals surface area contributed by atoms with Gasteiger partial charge < -0.3 is 10.6 Å². The highest BCUT2D eigenvalue weighted by Gasteiger charge is 2.22. The van der Waals surface area contributed by atoms with E-state index in [-0.39, 0.29) is 18.0 Å². The van der Waals surface area contributed by atoms with Gasteiger partial charge in [-0.15, -0.1) is 0 Å². The lowest BCUT2D eigenvalue weighted by atomic mass is 10.1. The number of carbonyl (C=O) groups excluding carboxylic acids is 2. The van der Waals surface area contributed by atoms with Crippen LogP contribution in [-0.2, 0) is 0 Å². The highest BCUT2D eigenvalue weighted by molar-refractivity contribution is 5.98. The van der Waals surface area contributed by atoms with Crippen molar-refractivity contribution in [2.24, 2.45) is 0 Å². The van der Waals surface area contributed by atoms with Gasteiger partial charge in [0.15, 0.2) is 0 Å². The Morgan fingerprint density at radius 1 is 1.30 bits per heavy atom. The van der Waals surface area contributed by atoms with Crippen molar-refractivity contribution >= 4 is 17.6 Å². The maximum atomic E-state index is 12.4. The third kappa shape index (κ3) is 3.31. The van der Waals surface area contributed by atoms with Gasteiger partial charge in [0.2, 0.25) is 0 Å². The van der Waals surface area contributed by atoms with Crippen molar-refractivity contribution in [1.82, 2.24) is 15.6 Å². The van der Waals surface area contributed by atoms with E-state index in [1.54, 1.807) is 29.3 Å². The van der Waals surface area contributed by atoms with Crippen LogP contribution in [0.1, 0.15) is 29.0 Å². The lowest BCUT2D eigenvalue weighted by Gasteiger charge is -2.16. The van der Waals surface area contributed by atoms with Gasteiger partial charge in [-0.05, 0) is 37.3 Å². The van der Waals surface area contributed by atoms with E-state index in [9.17, 15) is 9.59 Å². The zero-order valence-corrected chi connectivity index (χ0v) is 12.8. The van der Waals surface area contributed by atoms with Crippen molar-refractivity contribution in [3.05, 3.63) is 59.9 Å². The molecule has 0 spiro atoms. The van der Waals surface area contributed by atoms with E-state index in [0.29, 0.717) is 18.7 Å². The summed E-state index contributed by atoms with van der Waals surface area (Å²) in [6.45, 7) is 3.11. The van der Waals surface area contributed by atoms with Crippen molar-refractivity contribution < 1.29 is 9.59 Å². The third-order valence-corrected chi connectivity index (χ3v) is 3.76. The molecule has 2 N–H and O–H groups in total. The summed E-state index contributed by atoms with van der Waals surface area (Å²) >= 11 is 0. The molecule has 6 heteroatoms. The Morgan fingerprint density at radius 2 is 2.17 bits per heavy atom. The Hall–Kier alpha value is -2.89. The SMILES string of the molecule is C[C@@H](NC(=O)c1cccc(N2CCNC2=O)c1)c1ccccn1. The second kappa shape index (κ2) is 6.48. The van der Waals surface area contributed by atoms with E-state index >= 15 is 0 Å². The molecular weight excluding hydrogens is 292 g/mol. The fourth-order valence-corrected chi connectivity index (χ4v) is 2.52. The standard InChI is InChI=1S/C17H18N4O2/c1-12(15-7-2-3-8-18-15)20-16(22)13-5-4-6-14(11-13)21-10-9-19-17(21)23/h2-8,11-12H,9-10H2,1H3,(H,19,23)(H,20,22)/t12-/m1/s1. The number of benzene rings is 1. The molecule has 3 rings (SSSR count). The minimum Gasteiger partial charge on any atom is -0.344 e. The second-order valence-electron chi connectivity index (χ2n) is 5.38. The molecule has 1 aliphatic heterocycles. The first-order valence-electron chi connectivity index (χ1n) is 7.52. The summed E-state index contributed by atoms with van der Waals surface area (Å²) in [6, 6.07) is 12.3. The van der Waals surface area contributed by atoms with Crippen LogP contribution in [0.3, 0.4) is 0 Å². The van der Waals surface area contributed by atoms with Crippen LogP contribution in [0.15, 0.2) is 48.7 Å². The van der Waals surface area contributed by atoms with Crippen LogP contribution in [0.2, 0.25) is 0 Å². The summed E-state index contributed by atoms with van der Waals surface area (Å²) in [4.78, 5) is 30.0. The van der Waals surface area contributed by atoms with Gasteiger partial charge >= 0.3 is 6.03 Å². The zero-order valence-electron chi connectivity index (χ0n) is 12.8. The van der Waals surface area contributed by atoms with Crippen molar-refractivity contribution in [2.75, 3.05) is 18.0 Å². The van der Waals surface area contributed by atoms with Gasteiger partial charge in [-0.3, -0.25) is 14.7 Å². The minimum atomic E-state index is -0.192. The molecular formula is C17H18N4O2. The molecule has 2 aromatic rings. The number of anilines is 1. The molecule has 1 aromatic heterocycles. The number of hydrogen-bond donors (Lipinski definition) is 2. The van der Waals surface area contributed by atoms with Crippen LogP contribution in [0, 0.1) is 0 Å². The van der Waals surface area contributed by atoms with E-state index < -0.39 is 0 Å². The Morgan fingerprint density at radius 3 is 2.87 bits per heavy atom. The average Bonchev–Trinajstić information content (AvgIpc) is 3.02. The van der Waals surface area contributed by atoms with Crippen LogP contribution >= 0.6 is 0 Å². The normalized spacial score (nSPS) is 15.2. The number of aromatic nitrogens is 1. The fourth-order valence-electron chi connectivity index (χ4n) is 2.52. The lowest BCUT2D eigenvalue weighted by Crippen LogP contribution is -2.29. The number of hydrogen-bond acceptors (Lipinski definition) is 3. The molecule has 0 saturated carbocycles. The summed E-state index contributed by atoms with van der Waals surface area (Å²) in [6.07, 6.45) is 1.70. The van der Waals surface area contributed by atoms with Crippen molar-refractivity contribution in [3.63, 3.8) is 0 Å². The van der Waals surface area contributed by atoms with Gasteiger partial charge in [0.25, 0.3) is 5.91 Å². The largest absolute Gasteiger partial charge is 0.344 e. The van der Waals surface area contributed by atoms with E-state index in [1.165, 1.54) is 0 Å². The molecule has 1 fully saturated rings. The molecule has 0 aliphatic carbocycles. The summed E-state index contributed by atoms with van der Waals surface area (Å²) in [5.74, 6) is -0.190. The number of pyridine rings is 1. The maximum absolute atomic E-state index is 12.4. The van der Waals surface area contributed by atoms with E-state index in [4.69, 9.17) is 0 Å². The highest BCUT2D eigenvalue weighted by Crippen LogP contribution is 2.19. The van der Waals surface area contributed by atoms with E-state index in [0.717, 1.165) is 11.4 Å². The first kappa shape index (κ1) is 15.0. The van der Waals surface area contributed by atoms with Crippen LogP contribution in [0.25, 0.3) is 0 Å². The fraction of sp³-hybridized carbons (Fsp3) is 0.235. The molecule has 0 radical (unpaired) electrons. The molecule has 6 nitrogen and oxygen atoms in total. The van der Waals surface area contributed by atoms with E-state index in [1.807, 2.05) is 31.2 Å². The zero-order chi connectivity index (χ0) is 16.2. The number of nitrogens with zero attached hydrogens (tertiary/aromatic N) is 2. The van der Waals surface area contributed by atoms with Gasteiger partial charge in [-0.25, -0.2) is 4.79 Å². The smallest absolute Gasteiger partial charge is 0.321 e. The number of carbonyl (C=O) groups is 2. The predicted octanol–water partition coefficient (Wildman–Crippen LogP) is 2.10. The summed E-state index contributed by atoms with van der Waals surface area (Å²) in [5, 5.41) is 5.67. The van der Waals surface area contributed by atoms with Gasteiger partial charge in [0.1, 0.15) is 0 Å². The van der Waals surface area contributed by atoms with E-state index in [2.05, 4.69) is 15.6 Å². The molecule has 0 bridgehead atoms. The van der Waals surface area contributed by atoms with Crippen molar-refractivity contribution in [3.8, 4) is 0 Å². The van der Waals surface area contributed by atoms with Gasteiger partial charge in [-0.2, -0.15) is 0 Å². The van der Waals surface area contributed by atoms with Crippen LogP contribution in [-0.4, -0.2) is 30.0 Å². The summed E-state index contributed by atoms with van der Waals surface area (Å²) in [7, 11) is 0. The molecule has 1 aromatic carbocycles. The molecule has 1 aliphatic rings. The van der Waals surface area contributed by atoms with Crippen molar-refractivity contribution in [2.45, 2.75) is 13.0 Å². The predicted molar refractivity (Wildman–Crippen MR) is 87.3 cm³/mol. The van der Waals surface area contributed by atoms with Gasteiger partial charge in [0, 0.05) is 30.5 Å². The minimum absolute atomic E-state index is 0.135. The van der Waals surface area contributed by atoms with Crippen LogP contribution in [0.4, 0.5) is 10.5 Å². The summed E-state index contributed by atoms with van der Waals surface area (Å²) in [5.41, 5.74) is 2.04. The maximum Gasteiger partial charge on any atom is 0.321 e. The topological polar surface area (TPSA) is 74.3 Å².